The van der Waals surface area contributed by atoms with E-state index in [9.17, 15) is 10.1 Å². The highest BCUT2D eigenvalue weighted by Crippen LogP contribution is 2.02. The largest absolute Gasteiger partial charge is 0.326 e. The van der Waals surface area contributed by atoms with E-state index in [1.807, 2.05) is 13.8 Å². The highest BCUT2D eigenvalue weighted by atomic mass is 35.5. The van der Waals surface area contributed by atoms with Gasteiger partial charge in [-0.1, -0.05) is 13.8 Å². The van der Waals surface area contributed by atoms with Gasteiger partial charge in [0.1, 0.15) is 6.61 Å². The van der Waals surface area contributed by atoms with E-state index in [-0.39, 0.29) is 25.1 Å². The molecule has 0 rings (SSSR count). The number of halogens is 1. The zero-order valence-electron chi connectivity index (χ0n) is 7.23. The molecule has 0 aliphatic heterocycles. The molecule has 0 amide bonds. The van der Waals surface area contributed by atoms with E-state index in [0.29, 0.717) is 5.92 Å². The van der Waals surface area contributed by atoms with Gasteiger partial charge in [0.25, 0.3) is 5.09 Å². The Morgan fingerprint density at radius 2 is 2.08 bits per heavy atom. The molecule has 0 bridgehead atoms. The molecule has 74 valence electrons. The number of hydrogen-bond acceptors (Lipinski definition) is 4. The van der Waals surface area contributed by atoms with Crippen LogP contribution in [0.5, 0.6) is 0 Å². The Balaban J connectivity index is 0. The average molecular weight is 199 g/mol. The first-order valence-corrected chi connectivity index (χ1v) is 3.55. The van der Waals surface area contributed by atoms with Gasteiger partial charge in [-0.05, 0) is 12.3 Å². The molecular formula is C6H15ClN2O3. The molecule has 0 unspecified atom stereocenters. The Morgan fingerprint density at radius 1 is 1.58 bits per heavy atom. The molecule has 0 aromatic carbocycles. The summed E-state index contributed by atoms with van der Waals surface area (Å²) in [7, 11) is 0. The quantitative estimate of drug-likeness (QED) is 0.528. The van der Waals surface area contributed by atoms with Crippen LogP contribution in [0.3, 0.4) is 0 Å². The van der Waals surface area contributed by atoms with Gasteiger partial charge in [-0.15, -0.1) is 22.5 Å². The van der Waals surface area contributed by atoms with Gasteiger partial charge in [0.05, 0.1) is 0 Å². The standard InChI is InChI=1S/C6H14N2O3.ClH/c1-5(2)3-6(7)4-11-8(9)10;/h5-6H,3-4,7H2,1-2H3;1H/t6-;/m0./s1. The zero-order valence-corrected chi connectivity index (χ0v) is 8.04. The molecule has 0 heterocycles. The van der Waals surface area contributed by atoms with Crippen molar-refractivity contribution in [3.63, 3.8) is 0 Å². The summed E-state index contributed by atoms with van der Waals surface area (Å²) in [5.74, 6) is 0.445. The predicted molar refractivity (Wildman–Crippen MR) is 47.6 cm³/mol. The van der Waals surface area contributed by atoms with Gasteiger partial charge < -0.3 is 10.6 Å². The van der Waals surface area contributed by atoms with E-state index in [0.717, 1.165) is 6.42 Å². The fourth-order valence-electron chi connectivity index (χ4n) is 0.830. The zero-order chi connectivity index (χ0) is 8.85. The second kappa shape index (κ2) is 7.12. The number of hydrogen-bond donors (Lipinski definition) is 1. The molecule has 0 saturated carbocycles. The summed E-state index contributed by atoms with van der Waals surface area (Å²) in [4.78, 5) is 13.8. The molecule has 1 atom stereocenters. The molecule has 0 saturated heterocycles. The molecule has 0 aliphatic carbocycles. The topological polar surface area (TPSA) is 78.4 Å². The molecule has 0 aromatic heterocycles. The van der Waals surface area contributed by atoms with Crippen molar-refractivity contribution < 1.29 is 9.92 Å². The van der Waals surface area contributed by atoms with E-state index in [1.54, 1.807) is 0 Å². The molecule has 0 aromatic rings. The van der Waals surface area contributed by atoms with Gasteiger partial charge in [0, 0.05) is 6.04 Å². The Labute approximate surface area is 77.8 Å². The second-order valence-corrected chi connectivity index (χ2v) is 2.91. The van der Waals surface area contributed by atoms with Crippen molar-refractivity contribution in [2.75, 3.05) is 6.61 Å². The van der Waals surface area contributed by atoms with Crippen molar-refractivity contribution in [1.82, 2.24) is 0 Å². The van der Waals surface area contributed by atoms with Crippen LogP contribution >= 0.6 is 12.4 Å². The van der Waals surface area contributed by atoms with Crippen LogP contribution < -0.4 is 5.73 Å². The van der Waals surface area contributed by atoms with Gasteiger partial charge in [0.2, 0.25) is 0 Å². The van der Waals surface area contributed by atoms with Crippen LogP contribution in [0.25, 0.3) is 0 Å². The van der Waals surface area contributed by atoms with Crippen molar-refractivity contribution >= 4 is 12.4 Å². The van der Waals surface area contributed by atoms with Gasteiger partial charge in [-0.2, -0.15) is 0 Å². The lowest BCUT2D eigenvalue weighted by molar-refractivity contribution is -0.758. The van der Waals surface area contributed by atoms with Crippen molar-refractivity contribution in [3.05, 3.63) is 10.1 Å². The summed E-state index contributed by atoms with van der Waals surface area (Å²) in [5, 5.41) is 8.90. The summed E-state index contributed by atoms with van der Waals surface area (Å²) in [6, 6.07) is -0.236. The maximum atomic E-state index is 9.72. The SMILES string of the molecule is CC(C)C[C@H](N)CO[N+](=O)[O-].Cl. The Kier molecular flexibility index (Phi) is 8.31. The van der Waals surface area contributed by atoms with Crippen molar-refractivity contribution in [2.45, 2.75) is 26.3 Å². The van der Waals surface area contributed by atoms with Crippen LogP contribution in [0.1, 0.15) is 20.3 Å². The maximum Gasteiger partial charge on any atom is 0.294 e. The molecule has 5 nitrogen and oxygen atoms in total. The number of nitrogens with zero attached hydrogens (tertiary/aromatic N) is 1. The number of nitrogens with two attached hydrogens (primary N) is 1. The highest BCUT2D eigenvalue weighted by Gasteiger charge is 2.06. The molecule has 0 aliphatic rings. The monoisotopic (exact) mass is 198 g/mol. The van der Waals surface area contributed by atoms with Gasteiger partial charge in [-0.3, -0.25) is 0 Å². The summed E-state index contributed by atoms with van der Waals surface area (Å²) in [6.45, 7) is 4.00. The fourth-order valence-corrected chi connectivity index (χ4v) is 0.830. The normalized spacial score (nSPS) is 12.0. The van der Waals surface area contributed by atoms with Crippen LogP contribution in [0.2, 0.25) is 0 Å². The summed E-state index contributed by atoms with van der Waals surface area (Å²) < 4.78 is 0. The highest BCUT2D eigenvalue weighted by molar-refractivity contribution is 5.85. The van der Waals surface area contributed by atoms with Crippen LogP contribution in [0, 0.1) is 16.0 Å². The van der Waals surface area contributed by atoms with Crippen molar-refractivity contribution in [3.8, 4) is 0 Å². The predicted octanol–water partition coefficient (Wildman–Crippen LogP) is 0.990. The van der Waals surface area contributed by atoms with Gasteiger partial charge in [0.15, 0.2) is 0 Å². The van der Waals surface area contributed by atoms with Crippen LogP contribution in [0.15, 0.2) is 0 Å². The Bertz CT molecular complexity index is 132. The maximum absolute atomic E-state index is 9.72. The molecular weight excluding hydrogens is 184 g/mol. The van der Waals surface area contributed by atoms with E-state index < -0.39 is 5.09 Å². The molecule has 0 radical (unpaired) electrons. The molecule has 6 heteroatoms. The first-order valence-electron chi connectivity index (χ1n) is 3.55. The fraction of sp³-hybridized carbons (Fsp3) is 1.00. The van der Waals surface area contributed by atoms with E-state index >= 15 is 0 Å². The Hall–Kier alpha value is -0.550. The first-order chi connectivity index (χ1) is 5.02. The van der Waals surface area contributed by atoms with E-state index in [1.165, 1.54) is 0 Å². The third-order valence-corrected chi connectivity index (χ3v) is 1.17. The lowest BCUT2D eigenvalue weighted by Gasteiger charge is -2.11. The summed E-state index contributed by atoms with van der Waals surface area (Å²) in [6.07, 6.45) is 0.744. The van der Waals surface area contributed by atoms with E-state index in [2.05, 4.69) is 4.84 Å². The lowest BCUT2D eigenvalue weighted by atomic mass is 10.1. The third kappa shape index (κ3) is 9.45. The third-order valence-electron chi connectivity index (χ3n) is 1.17. The first kappa shape index (κ1) is 14.0. The molecule has 0 spiro atoms. The second-order valence-electron chi connectivity index (χ2n) is 2.91. The summed E-state index contributed by atoms with van der Waals surface area (Å²) >= 11 is 0. The van der Waals surface area contributed by atoms with Crippen molar-refractivity contribution in [2.24, 2.45) is 11.7 Å². The minimum Gasteiger partial charge on any atom is -0.326 e. The smallest absolute Gasteiger partial charge is 0.294 e. The summed E-state index contributed by atoms with van der Waals surface area (Å²) in [5.41, 5.74) is 5.49. The molecule has 2 N–H and O–H groups in total. The van der Waals surface area contributed by atoms with Gasteiger partial charge >= 0.3 is 0 Å². The van der Waals surface area contributed by atoms with Crippen LogP contribution in [0.4, 0.5) is 0 Å². The average Bonchev–Trinajstić information content (AvgIpc) is 1.82. The minimum absolute atomic E-state index is 0. The Morgan fingerprint density at radius 3 is 2.42 bits per heavy atom. The van der Waals surface area contributed by atoms with Gasteiger partial charge in [-0.25, -0.2) is 0 Å². The number of rotatable bonds is 5. The molecule has 12 heavy (non-hydrogen) atoms. The van der Waals surface area contributed by atoms with Crippen LogP contribution in [-0.4, -0.2) is 17.7 Å². The minimum atomic E-state index is -0.819. The van der Waals surface area contributed by atoms with Crippen LogP contribution in [-0.2, 0) is 4.84 Å². The lowest BCUT2D eigenvalue weighted by Crippen LogP contribution is -2.28. The van der Waals surface area contributed by atoms with Crippen molar-refractivity contribution in [1.29, 1.82) is 0 Å². The molecule has 0 fully saturated rings. The van der Waals surface area contributed by atoms with E-state index in [4.69, 9.17) is 5.73 Å².